The number of benzene rings is 2. The number of rotatable bonds is 48. The Morgan fingerprint density at radius 3 is 0.897 bits per heavy atom. The molecule has 0 heterocycles. The highest BCUT2D eigenvalue weighted by Crippen LogP contribution is 2.26. The van der Waals surface area contributed by atoms with Gasteiger partial charge in [0.2, 0.25) is 0 Å². The fourth-order valence-electron chi connectivity index (χ4n) is 10.0. The topological polar surface area (TPSA) is 24.7 Å². The standard InChI is InChI=1S/C66H114N2/c1-7-13-19-20-21-22-23-24-25-26-27-28-29-30-31-32-33-34-35-36-37-38-39-40-46-52-66(68-64-57-61(49-43-16-10-4)54-62(58-64)50-44-17-11-5)65(51-45-18-12-6)67-63-55-59(47-41-14-8-2)53-60(56-63)48-42-15-9-3/h45,51,53-58H,7-44,46-50,52H2,1-6H3. The van der Waals surface area contributed by atoms with Crippen LogP contribution in [0.2, 0.25) is 0 Å². The van der Waals surface area contributed by atoms with Crippen LogP contribution in [0.4, 0.5) is 11.4 Å². The van der Waals surface area contributed by atoms with E-state index in [-0.39, 0.29) is 0 Å². The van der Waals surface area contributed by atoms with Gasteiger partial charge in [0.25, 0.3) is 0 Å². The first-order valence-electron chi connectivity index (χ1n) is 30.6. The van der Waals surface area contributed by atoms with Gasteiger partial charge < -0.3 is 0 Å². The monoisotopic (exact) mass is 935 g/mol. The Hall–Kier alpha value is -2.48. The maximum absolute atomic E-state index is 5.64. The van der Waals surface area contributed by atoms with Gasteiger partial charge >= 0.3 is 0 Å². The van der Waals surface area contributed by atoms with Gasteiger partial charge in [0.15, 0.2) is 0 Å². The molecule has 68 heavy (non-hydrogen) atoms. The fourth-order valence-corrected chi connectivity index (χ4v) is 10.0. The van der Waals surface area contributed by atoms with Gasteiger partial charge in [-0.1, -0.05) is 272 Å². The van der Waals surface area contributed by atoms with E-state index in [0.717, 1.165) is 62.0 Å². The van der Waals surface area contributed by atoms with Gasteiger partial charge in [-0.2, -0.15) is 0 Å². The van der Waals surface area contributed by atoms with Crippen molar-refractivity contribution >= 4 is 22.8 Å². The maximum Gasteiger partial charge on any atom is 0.0848 e. The van der Waals surface area contributed by atoms with Crippen molar-refractivity contribution < 1.29 is 0 Å². The van der Waals surface area contributed by atoms with Gasteiger partial charge in [-0.25, -0.2) is 4.99 Å². The number of hydrogen-bond donors (Lipinski definition) is 0. The molecule has 0 aliphatic heterocycles. The molecule has 0 aromatic heterocycles. The first-order valence-corrected chi connectivity index (χ1v) is 30.6. The van der Waals surface area contributed by atoms with Crippen LogP contribution in [0.25, 0.3) is 0 Å². The van der Waals surface area contributed by atoms with Crippen molar-refractivity contribution in [3.8, 4) is 0 Å². The van der Waals surface area contributed by atoms with Gasteiger partial charge in [0, 0.05) is 0 Å². The predicted molar refractivity (Wildman–Crippen MR) is 310 cm³/mol. The lowest BCUT2D eigenvalue weighted by atomic mass is 9.99. The molecule has 0 saturated carbocycles. The summed E-state index contributed by atoms with van der Waals surface area (Å²) >= 11 is 0. The molecule has 0 aliphatic carbocycles. The predicted octanol–water partition coefficient (Wildman–Crippen LogP) is 23.0. The van der Waals surface area contributed by atoms with Crippen molar-refractivity contribution in [2.45, 2.75) is 324 Å². The zero-order valence-corrected chi connectivity index (χ0v) is 46.6. The Morgan fingerprint density at radius 2 is 0.588 bits per heavy atom. The number of aliphatic imine (C=N–C) groups is 2. The molecule has 0 saturated heterocycles. The number of aryl methyl sites for hydroxylation is 4. The van der Waals surface area contributed by atoms with Crippen LogP contribution in [0.1, 0.15) is 321 Å². The summed E-state index contributed by atoms with van der Waals surface area (Å²) in [5.74, 6) is 0. The zero-order valence-electron chi connectivity index (χ0n) is 46.6. The minimum absolute atomic E-state index is 0.986. The molecule has 0 N–H and O–H groups in total. The van der Waals surface area contributed by atoms with Gasteiger partial charge in [0.05, 0.1) is 22.8 Å². The highest BCUT2D eigenvalue weighted by Gasteiger charge is 2.12. The Labute approximate surface area is 425 Å². The SMILES string of the molecule is CCCC=CC(=Nc1cc(CCCCC)cc(CCCCC)c1)C(CCCCCCCCCCCCCCCCCCCCCCCCCCC)=Nc1cc(CCCCC)cc(CCCCC)c1. The molecule has 0 bridgehead atoms. The molecule has 0 radical (unpaired) electrons. The van der Waals surface area contributed by atoms with Crippen LogP contribution in [0.3, 0.4) is 0 Å². The fraction of sp³-hybridized carbons (Fsp3) is 0.758. The summed E-state index contributed by atoms with van der Waals surface area (Å²) in [6.07, 6.45) is 63.3. The minimum atomic E-state index is 0.986. The van der Waals surface area contributed by atoms with Crippen molar-refractivity contribution in [1.82, 2.24) is 0 Å². The van der Waals surface area contributed by atoms with Crippen molar-refractivity contribution in [3.05, 3.63) is 70.8 Å². The lowest BCUT2D eigenvalue weighted by molar-refractivity contribution is 0.516. The number of hydrogen-bond acceptors (Lipinski definition) is 2. The van der Waals surface area contributed by atoms with E-state index >= 15 is 0 Å². The maximum atomic E-state index is 5.64. The smallest absolute Gasteiger partial charge is 0.0848 e. The molecule has 2 nitrogen and oxygen atoms in total. The van der Waals surface area contributed by atoms with E-state index in [1.165, 1.54) is 266 Å². The summed E-state index contributed by atoms with van der Waals surface area (Å²) in [5.41, 5.74) is 10.4. The van der Waals surface area contributed by atoms with E-state index in [2.05, 4.69) is 90.1 Å². The first kappa shape index (κ1) is 61.6. The molecule has 2 heteroatoms. The second-order valence-electron chi connectivity index (χ2n) is 21.3. The third kappa shape index (κ3) is 33.9. The van der Waals surface area contributed by atoms with Gasteiger partial charge in [0.1, 0.15) is 0 Å². The largest absolute Gasteiger partial charge is 0.251 e. The molecule has 0 atom stereocenters. The quantitative estimate of drug-likeness (QED) is 0.0467. The summed E-state index contributed by atoms with van der Waals surface area (Å²) < 4.78 is 0. The van der Waals surface area contributed by atoms with Crippen LogP contribution in [0.5, 0.6) is 0 Å². The summed E-state index contributed by atoms with van der Waals surface area (Å²) in [7, 11) is 0. The number of allylic oxidation sites excluding steroid dienone is 2. The highest BCUT2D eigenvalue weighted by atomic mass is 14.8. The van der Waals surface area contributed by atoms with Gasteiger partial charge in [-0.05, 0) is 123 Å². The van der Waals surface area contributed by atoms with E-state index < -0.39 is 0 Å². The first-order chi connectivity index (χ1) is 33.6. The molecule has 0 spiro atoms. The van der Waals surface area contributed by atoms with E-state index in [4.69, 9.17) is 9.98 Å². The zero-order chi connectivity index (χ0) is 48.8. The van der Waals surface area contributed by atoms with Gasteiger partial charge in [-0.3, -0.25) is 4.99 Å². The van der Waals surface area contributed by atoms with Crippen molar-refractivity contribution in [3.63, 3.8) is 0 Å². The Bertz CT molecular complexity index is 1470. The van der Waals surface area contributed by atoms with Crippen molar-refractivity contribution in [2.24, 2.45) is 9.98 Å². The summed E-state index contributed by atoms with van der Waals surface area (Å²) in [6.45, 7) is 13.8. The van der Waals surface area contributed by atoms with E-state index in [0.29, 0.717) is 0 Å². The van der Waals surface area contributed by atoms with E-state index in [9.17, 15) is 0 Å². The number of unbranched alkanes of at least 4 members (excludes halogenated alkanes) is 33. The van der Waals surface area contributed by atoms with Crippen LogP contribution in [-0.4, -0.2) is 11.4 Å². The highest BCUT2D eigenvalue weighted by molar-refractivity contribution is 6.47. The summed E-state index contributed by atoms with van der Waals surface area (Å²) in [4.78, 5) is 11.2. The third-order valence-electron chi connectivity index (χ3n) is 14.4. The molecule has 2 aromatic rings. The normalized spacial score (nSPS) is 12.3. The molecular formula is C66H114N2. The van der Waals surface area contributed by atoms with Gasteiger partial charge in [-0.15, -0.1) is 0 Å². The third-order valence-corrected chi connectivity index (χ3v) is 14.4. The van der Waals surface area contributed by atoms with Crippen LogP contribution < -0.4 is 0 Å². The second-order valence-corrected chi connectivity index (χ2v) is 21.3. The Morgan fingerprint density at radius 1 is 0.309 bits per heavy atom. The number of nitrogens with zero attached hydrogens (tertiary/aromatic N) is 2. The molecule has 2 rings (SSSR count). The Balaban J connectivity index is 2.02. The lowest BCUT2D eigenvalue weighted by Gasteiger charge is -2.13. The molecule has 0 amide bonds. The van der Waals surface area contributed by atoms with Crippen LogP contribution >= 0.6 is 0 Å². The average molecular weight is 936 g/mol. The van der Waals surface area contributed by atoms with Crippen LogP contribution in [-0.2, 0) is 25.7 Å². The van der Waals surface area contributed by atoms with Crippen LogP contribution in [0, 0.1) is 0 Å². The molecular weight excluding hydrogens is 821 g/mol. The average Bonchev–Trinajstić information content (AvgIpc) is 3.33. The molecule has 0 aliphatic rings. The molecule has 0 unspecified atom stereocenters. The minimum Gasteiger partial charge on any atom is -0.251 e. The molecule has 388 valence electrons. The molecule has 0 fully saturated rings. The second kappa shape index (κ2) is 45.6. The van der Waals surface area contributed by atoms with Crippen LogP contribution in [0.15, 0.2) is 58.5 Å². The van der Waals surface area contributed by atoms with E-state index in [1.54, 1.807) is 0 Å². The van der Waals surface area contributed by atoms with Crippen molar-refractivity contribution in [1.29, 1.82) is 0 Å². The van der Waals surface area contributed by atoms with Crippen molar-refractivity contribution in [2.75, 3.05) is 0 Å². The summed E-state index contributed by atoms with van der Waals surface area (Å²) in [6, 6.07) is 14.6. The molecule has 2 aromatic carbocycles. The lowest BCUT2D eigenvalue weighted by Crippen LogP contribution is -2.12. The summed E-state index contributed by atoms with van der Waals surface area (Å²) in [5, 5.41) is 0. The van der Waals surface area contributed by atoms with E-state index in [1.807, 2.05) is 0 Å². The Kier molecular flexibility index (Phi) is 41.4.